The number of methoxy groups -OCH3 is 1. The highest BCUT2D eigenvalue weighted by Gasteiger charge is 2.10. The number of hydrogen-bond acceptors (Lipinski definition) is 5. The van der Waals surface area contributed by atoms with E-state index in [-0.39, 0.29) is 6.04 Å². The highest BCUT2D eigenvalue weighted by molar-refractivity contribution is 5.45. The molecule has 1 heterocycles. The van der Waals surface area contributed by atoms with Gasteiger partial charge in [-0.05, 0) is 6.92 Å². The molecule has 1 rings (SSSR count). The Morgan fingerprint density at radius 1 is 1.57 bits per heavy atom. The van der Waals surface area contributed by atoms with Crippen LogP contribution in [0.25, 0.3) is 0 Å². The summed E-state index contributed by atoms with van der Waals surface area (Å²) < 4.78 is 5.06. The van der Waals surface area contributed by atoms with Crippen molar-refractivity contribution in [3.8, 4) is 0 Å². The van der Waals surface area contributed by atoms with E-state index in [2.05, 4.69) is 16.9 Å². The molecule has 1 atom stereocenters. The van der Waals surface area contributed by atoms with Crippen molar-refractivity contribution in [3.05, 3.63) is 12.4 Å². The van der Waals surface area contributed by atoms with E-state index >= 15 is 0 Å². The summed E-state index contributed by atoms with van der Waals surface area (Å²) in [5.41, 5.74) is 5.56. The average Bonchev–Trinajstić information content (AvgIpc) is 2.17. The summed E-state index contributed by atoms with van der Waals surface area (Å²) in [4.78, 5) is 9.96. The zero-order chi connectivity index (χ0) is 10.6. The minimum atomic E-state index is 0.259. The van der Waals surface area contributed by atoms with Gasteiger partial charge in [-0.1, -0.05) is 0 Å². The Morgan fingerprint density at radius 2 is 2.29 bits per heavy atom. The molecule has 0 bridgehead atoms. The Kier molecular flexibility index (Phi) is 3.64. The van der Waals surface area contributed by atoms with Crippen LogP contribution in [-0.2, 0) is 4.74 Å². The lowest BCUT2D eigenvalue weighted by Crippen LogP contribution is -2.33. The van der Waals surface area contributed by atoms with Gasteiger partial charge < -0.3 is 15.4 Å². The van der Waals surface area contributed by atoms with E-state index in [1.807, 2.05) is 11.9 Å². The van der Waals surface area contributed by atoms with Gasteiger partial charge >= 0.3 is 0 Å². The van der Waals surface area contributed by atoms with E-state index in [4.69, 9.17) is 10.5 Å². The number of anilines is 2. The van der Waals surface area contributed by atoms with Crippen LogP contribution in [-0.4, -0.2) is 36.8 Å². The first-order valence-corrected chi connectivity index (χ1v) is 4.44. The van der Waals surface area contributed by atoms with Gasteiger partial charge in [-0.25, -0.2) is 9.97 Å². The van der Waals surface area contributed by atoms with Gasteiger partial charge in [0.15, 0.2) is 0 Å². The third kappa shape index (κ3) is 2.56. The Hall–Kier alpha value is -1.36. The molecule has 1 unspecified atom stereocenters. The van der Waals surface area contributed by atoms with Gasteiger partial charge in [0, 0.05) is 20.2 Å². The zero-order valence-corrected chi connectivity index (χ0v) is 8.77. The lowest BCUT2D eigenvalue weighted by Gasteiger charge is -2.25. The van der Waals surface area contributed by atoms with E-state index < -0.39 is 0 Å². The summed E-state index contributed by atoms with van der Waals surface area (Å²) in [6.45, 7) is 2.71. The fourth-order valence-electron chi connectivity index (χ4n) is 1.13. The number of hydrogen-bond donors (Lipinski definition) is 1. The van der Waals surface area contributed by atoms with Crippen molar-refractivity contribution in [2.24, 2.45) is 0 Å². The van der Waals surface area contributed by atoms with Gasteiger partial charge in [-0.3, -0.25) is 0 Å². The summed E-state index contributed by atoms with van der Waals surface area (Å²) in [6, 6.07) is 2.00. The van der Waals surface area contributed by atoms with Crippen LogP contribution in [0.1, 0.15) is 6.92 Å². The lowest BCUT2D eigenvalue weighted by atomic mass is 10.3. The molecule has 1 aromatic heterocycles. The molecule has 5 nitrogen and oxygen atoms in total. The molecule has 0 aliphatic heterocycles. The highest BCUT2D eigenvalue weighted by atomic mass is 16.5. The quantitative estimate of drug-likeness (QED) is 0.761. The van der Waals surface area contributed by atoms with Crippen LogP contribution in [0.3, 0.4) is 0 Å². The molecule has 2 N–H and O–H groups in total. The molecule has 0 aromatic carbocycles. The number of ether oxygens (including phenoxy) is 1. The van der Waals surface area contributed by atoms with Crippen molar-refractivity contribution in [2.75, 3.05) is 31.4 Å². The van der Waals surface area contributed by atoms with E-state index in [9.17, 15) is 0 Å². The smallest absolute Gasteiger partial charge is 0.134 e. The third-order valence-corrected chi connectivity index (χ3v) is 2.10. The van der Waals surface area contributed by atoms with Crippen LogP contribution >= 0.6 is 0 Å². The number of rotatable bonds is 4. The topological polar surface area (TPSA) is 64.3 Å². The molecule has 0 amide bonds. The lowest BCUT2D eigenvalue weighted by molar-refractivity contribution is 0.183. The standard InChI is InChI=1S/C9H16N4O/c1-7(5-14-3)13(2)9-4-8(10)11-6-12-9/h4,6-7H,5H2,1-3H3,(H2,10,11,12). The monoisotopic (exact) mass is 196 g/mol. The average molecular weight is 196 g/mol. The number of nitrogens with two attached hydrogens (primary N) is 1. The van der Waals surface area contributed by atoms with Gasteiger partial charge in [-0.15, -0.1) is 0 Å². The molecular weight excluding hydrogens is 180 g/mol. The van der Waals surface area contributed by atoms with Crippen LogP contribution in [0.2, 0.25) is 0 Å². The van der Waals surface area contributed by atoms with Crippen LogP contribution in [0.4, 0.5) is 11.6 Å². The summed E-state index contributed by atoms with van der Waals surface area (Å²) in [7, 11) is 3.63. The first-order chi connectivity index (χ1) is 6.65. The minimum Gasteiger partial charge on any atom is -0.384 e. The summed E-state index contributed by atoms with van der Waals surface area (Å²) in [5.74, 6) is 1.29. The fourth-order valence-corrected chi connectivity index (χ4v) is 1.13. The SMILES string of the molecule is COCC(C)N(C)c1cc(N)ncn1. The molecule has 78 valence electrons. The van der Waals surface area contributed by atoms with E-state index in [0.717, 1.165) is 5.82 Å². The van der Waals surface area contributed by atoms with Crippen LogP contribution in [0.5, 0.6) is 0 Å². The van der Waals surface area contributed by atoms with Crippen molar-refractivity contribution in [3.63, 3.8) is 0 Å². The normalized spacial score (nSPS) is 12.5. The van der Waals surface area contributed by atoms with Gasteiger partial charge in [0.25, 0.3) is 0 Å². The number of nitrogens with zero attached hydrogens (tertiary/aromatic N) is 3. The first-order valence-electron chi connectivity index (χ1n) is 4.44. The van der Waals surface area contributed by atoms with E-state index in [0.29, 0.717) is 12.4 Å². The molecule has 0 saturated carbocycles. The largest absolute Gasteiger partial charge is 0.384 e. The molecular formula is C9H16N4O. The van der Waals surface area contributed by atoms with Crippen LogP contribution in [0, 0.1) is 0 Å². The molecule has 0 aliphatic rings. The van der Waals surface area contributed by atoms with Crippen molar-refractivity contribution in [1.29, 1.82) is 0 Å². The van der Waals surface area contributed by atoms with Crippen molar-refractivity contribution < 1.29 is 4.74 Å². The molecule has 0 aliphatic carbocycles. The van der Waals surface area contributed by atoms with E-state index in [1.165, 1.54) is 6.33 Å². The zero-order valence-electron chi connectivity index (χ0n) is 8.77. The van der Waals surface area contributed by atoms with Gasteiger partial charge in [-0.2, -0.15) is 0 Å². The van der Waals surface area contributed by atoms with Crippen LogP contribution < -0.4 is 10.6 Å². The van der Waals surface area contributed by atoms with Crippen molar-refractivity contribution >= 4 is 11.6 Å². The van der Waals surface area contributed by atoms with E-state index in [1.54, 1.807) is 13.2 Å². The van der Waals surface area contributed by atoms with Gasteiger partial charge in [0.2, 0.25) is 0 Å². The highest BCUT2D eigenvalue weighted by Crippen LogP contribution is 2.12. The van der Waals surface area contributed by atoms with Gasteiger partial charge in [0.1, 0.15) is 18.0 Å². The van der Waals surface area contributed by atoms with Crippen molar-refractivity contribution in [1.82, 2.24) is 9.97 Å². The molecule has 14 heavy (non-hydrogen) atoms. The maximum atomic E-state index is 5.56. The van der Waals surface area contributed by atoms with Gasteiger partial charge in [0.05, 0.1) is 12.6 Å². The molecule has 0 fully saturated rings. The predicted octanol–water partition coefficient (Wildman–Crippen LogP) is 0.530. The maximum absolute atomic E-state index is 5.56. The fraction of sp³-hybridized carbons (Fsp3) is 0.556. The second-order valence-electron chi connectivity index (χ2n) is 3.22. The molecule has 5 heteroatoms. The summed E-state index contributed by atoms with van der Waals surface area (Å²) >= 11 is 0. The Morgan fingerprint density at radius 3 is 2.86 bits per heavy atom. The Labute approximate surface area is 83.9 Å². The summed E-state index contributed by atoms with van der Waals surface area (Å²) in [5, 5.41) is 0. The number of nitrogen functional groups attached to an aromatic ring is 1. The second-order valence-corrected chi connectivity index (χ2v) is 3.22. The number of likely N-dealkylation sites (N-methyl/N-ethyl adjacent to an activating group) is 1. The third-order valence-electron chi connectivity index (χ3n) is 2.10. The van der Waals surface area contributed by atoms with Crippen molar-refractivity contribution in [2.45, 2.75) is 13.0 Å². The Balaban J connectivity index is 2.73. The second kappa shape index (κ2) is 4.76. The molecule has 0 saturated heterocycles. The first kappa shape index (κ1) is 10.7. The molecule has 0 radical (unpaired) electrons. The molecule has 0 spiro atoms. The maximum Gasteiger partial charge on any atom is 0.134 e. The summed E-state index contributed by atoms with van der Waals surface area (Å²) in [6.07, 6.45) is 1.46. The number of aromatic nitrogens is 2. The predicted molar refractivity (Wildman–Crippen MR) is 56.2 cm³/mol. The van der Waals surface area contributed by atoms with Crippen LogP contribution in [0.15, 0.2) is 12.4 Å². The minimum absolute atomic E-state index is 0.259. The molecule has 1 aromatic rings. The Bertz CT molecular complexity index is 292.